The topological polar surface area (TPSA) is 99.4 Å². The zero-order valence-electron chi connectivity index (χ0n) is 26.9. The van der Waals surface area contributed by atoms with Crippen molar-refractivity contribution in [3.8, 4) is 0 Å². The number of halogens is 4. The van der Waals surface area contributed by atoms with Gasteiger partial charge in [-0.1, -0.05) is 88.9 Å². The van der Waals surface area contributed by atoms with Crippen molar-refractivity contribution in [2.24, 2.45) is 0 Å². The maximum Gasteiger partial charge on any atom is 0.335 e. The molecule has 4 aromatic rings. The van der Waals surface area contributed by atoms with Crippen molar-refractivity contribution in [3.05, 3.63) is 136 Å². The Kier molecular flexibility index (Phi) is 13.8. The number of rotatable bonds is 16. The largest absolute Gasteiger partial charge is 0.382 e. The van der Waals surface area contributed by atoms with Crippen LogP contribution in [-0.2, 0) is 55.0 Å². The van der Waals surface area contributed by atoms with Crippen LogP contribution in [0.4, 0.5) is 0 Å². The van der Waals surface area contributed by atoms with E-state index in [-0.39, 0.29) is 46.4 Å². The van der Waals surface area contributed by atoms with Crippen LogP contribution in [0.5, 0.6) is 0 Å². The quantitative estimate of drug-likeness (QED) is 0.115. The van der Waals surface area contributed by atoms with Gasteiger partial charge in [0, 0.05) is 39.0 Å². The highest BCUT2D eigenvalue weighted by Crippen LogP contribution is 2.35. The Morgan fingerprint density at radius 2 is 1.45 bits per heavy atom. The standard InChI is InChI=1S/C35H36Cl4N2O8/c1-22-16-40(35(43)41(33(22)42)21-46-17-23-6-4-3-5-7-23)34-32(47-13-12-44-2)31(48-19-25-9-11-27(37)15-29(25)39)30(49-34)20-45-18-24-8-10-26(36)14-28(24)38/h3-11,14-16,30-32,34H,12-13,17-21H2,1-2H3/t30-,31-,32-,34-/m1/s1. The maximum atomic E-state index is 13.9. The summed E-state index contributed by atoms with van der Waals surface area (Å²) < 4.78 is 38.7. The van der Waals surface area contributed by atoms with Gasteiger partial charge in [0.25, 0.3) is 5.56 Å². The lowest BCUT2D eigenvalue weighted by Crippen LogP contribution is -2.45. The Morgan fingerprint density at radius 3 is 2.10 bits per heavy atom. The van der Waals surface area contributed by atoms with Crippen LogP contribution < -0.4 is 11.2 Å². The van der Waals surface area contributed by atoms with Gasteiger partial charge < -0.3 is 28.4 Å². The Balaban J connectivity index is 1.44. The summed E-state index contributed by atoms with van der Waals surface area (Å²) in [5, 5.41) is 1.89. The smallest absolute Gasteiger partial charge is 0.335 e. The molecule has 1 saturated heterocycles. The van der Waals surface area contributed by atoms with Crippen LogP contribution >= 0.6 is 46.4 Å². The molecule has 1 aliphatic heterocycles. The van der Waals surface area contributed by atoms with Crippen molar-refractivity contribution < 1.29 is 28.4 Å². The zero-order valence-corrected chi connectivity index (χ0v) is 29.9. The first-order valence-corrected chi connectivity index (χ1v) is 16.9. The number of methoxy groups -OCH3 is 1. The molecule has 262 valence electrons. The minimum atomic E-state index is -1.01. The molecule has 0 N–H and O–H groups in total. The third-order valence-electron chi connectivity index (χ3n) is 7.86. The highest BCUT2D eigenvalue weighted by Gasteiger charge is 2.48. The molecule has 0 amide bonds. The number of aromatic nitrogens is 2. The molecule has 10 nitrogen and oxygen atoms in total. The predicted octanol–water partition coefficient (Wildman–Crippen LogP) is 6.84. The maximum absolute atomic E-state index is 13.9. The van der Waals surface area contributed by atoms with Crippen LogP contribution in [0.3, 0.4) is 0 Å². The minimum absolute atomic E-state index is 0.0478. The summed E-state index contributed by atoms with van der Waals surface area (Å²) >= 11 is 25.0. The molecule has 0 bridgehead atoms. The summed E-state index contributed by atoms with van der Waals surface area (Å²) in [6, 6.07) is 19.7. The lowest BCUT2D eigenvalue weighted by Gasteiger charge is -2.26. The van der Waals surface area contributed by atoms with Gasteiger partial charge in [-0.05, 0) is 47.9 Å². The van der Waals surface area contributed by atoms with Gasteiger partial charge in [0.15, 0.2) is 6.23 Å². The van der Waals surface area contributed by atoms with E-state index in [2.05, 4.69) is 0 Å². The average molecular weight is 754 g/mol. The lowest BCUT2D eigenvalue weighted by molar-refractivity contribution is -0.0942. The van der Waals surface area contributed by atoms with Gasteiger partial charge in [-0.25, -0.2) is 9.36 Å². The molecule has 3 aromatic carbocycles. The fourth-order valence-corrected chi connectivity index (χ4v) is 6.27. The second kappa shape index (κ2) is 18.0. The molecular weight excluding hydrogens is 718 g/mol. The van der Waals surface area contributed by atoms with Gasteiger partial charge in [-0.3, -0.25) is 9.36 Å². The van der Waals surface area contributed by atoms with E-state index in [0.717, 1.165) is 15.7 Å². The fraction of sp³-hybridized carbons (Fsp3) is 0.371. The van der Waals surface area contributed by atoms with Gasteiger partial charge in [0.05, 0.1) is 39.6 Å². The summed E-state index contributed by atoms with van der Waals surface area (Å²) in [5.74, 6) is 0. The van der Waals surface area contributed by atoms with Crippen molar-refractivity contribution in [1.82, 2.24) is 9.13 Å². The van der Waals surface area contributed by atoms with E-state index in [4.69, 9.17) is 74.8 Å². The lowest BCUT2D eigenvalue weighted by atomic mass is 10.1. The van der Waals surface area contributed by atoms with E-state index in [9.17, 15) is 9.59 Å². The van der Waals surface area contributed by atoms with Gasteiger partial charge in [-0.15, -0.1) is 0 Å². The summed E-state index contributed by atoms with van der Waals surface area (Å²) in [6.07, 6.45) is -1.86. The molecule has 1 aliphatic rings. The highest BCUT2D eigenvalue weighted by molar-refractivity contribution is 6.35. The van der Waals surface area contributed by atoms with Crippen molar-refractivity contribution in [1.29, 1.82) is 0 Å². The normalized spacial score (nSPS) is 19.1. The van der Waals surface area contributed by atoms with Gasteiger partial charge >= 0.3 is 5.69 Å². The molecule has 4 atom stereocenters. The number of benzene rings is 3. The molecular formula is C35H36Cl4N2O8. The molecule has 0 unspecified atom stereocenters. The van der Waals surface area contributed by atoms with Crippen LogP contribution in [0.1, 0.15) is 28.5 Å². The monoisotopic (exact) mass is 752 g/mol. The molecule has 1 fully saturated rings. The molecule has 0 saturated carbocycles. The van der Waals surface area contributed by atoms with E-state index >= 15 is 0 Å². The highest BCUT2D eigenvalue weighted by atomic mass is 35.5. The molecule has 2 heterocycles. The Morgan fingerprint density at radius 1 is 0.776 bits per heavy atom. The van der Waals surface area contributed by atoms with E-state index in [1.165, 1.54) is 10.8 Å². The molecule has 0 radical (unpaired) electrons. The second-order valence-electron chi connectivity index (χ2n) is 11.4. The van der Waals surface area contributed by atoms with Crippen molar-refractivity contribution in [2.75, 3.05) is 26.9 Å². The third-order valence-corrected chi connectivity index (χ3v) is 9.03. The van der Waals surface area contributed by atoms with Crippen molar-refractivity contribution >= 4 is 46.4 Å². The number of ether oxygens (including phenoxy) is 6. The Hall–Kier alpha value is -2.74. The predicted molar refractivity (Wildman–Crippen MR) is 188 cm³/mol. The SMILES string of the molecule is COCCO[C@@H]1[C@H](OCc2ccc(Cl)cc2Cl)[C@@H](COCc2ccc(Cl)cc2Cl)O[C@H]1n1cc(C)c(=O)n(COCc2ccccc2)c1=O. The number of hydrogen-bond donors (Lipinski definition) is 0. The summed E-state index contributed by atoms with van der Waals surface area (Å²) in [5.41, 5.74) is 1.52. The van der Waals surface area contributed by atoms with Crippen LogP contribution in [0.15, 0.2) is 82.5 Å². The van der Waals surface area contributed by atoms with Crippen molar-refractivity contribution in [2.45, 2.75) is 58.0 Å². The first kappa shape index (κ1) is 37.5. The summed E-state index contributed by atoms with van der Waals surface area (Å²) in [4.78, 5) is 27.1. The van der Waals surface area contributed by atoms with Gasteiger partial charge in [0.2, 0.25) is 0 Å². The second-order valence-corrected chi connectivity index (χ2v) is 13.0. The first-order chi connectivity index (χ1) is 23.7. The van der Waals surface area contributed by atoms with E-state index < -0.39 is 35.8 Å². The first-order valence-electron chi connectivity index (χ1n) is 15.4. The minimum Gasteiger partial charge on any atom is -0.382 e. The van der Waals surface area contributed by atoms with Crippen molar-refractivity contribution in [3.63, 3.8) is 0 Å². The van der Waals surface area contributed by atoms with Crippen LogP contribution in [0.2, 0.25) is 20.1 Å². The Bertz CT molecular complexity index is 1820. The van der Waals surface area contributed by atoms with Crippen LogP contribution in [0, 0.1) is 6.92 Å². The van der Waals surface area contributed by atoms with Gasteiger partial charge in [-0.2, -0.15) is 0 Å². The molecule has 14 heteroatoms. The van der Waals surface area contributed by atoms with Gasteiger partial charge in [0.1, 0.15) is 25.0 Å². The third kappa shape index (κ3) is 9.74. The van der Waals surface area contributed by atoms with E-state index in [1.54, 1.807) is 50.4 Å². The average Bonchev–Trinajstić information content (AvgIpc) is 3.42. The Labute approximate surface area is 303 Å². The molecule has 0 aliphatic carbocycles. The fourth-order valence-electron chi connectivity index (χ4n) is 5.34. The molecule has 49 heavy (non-hydrogen) atoms. The van der Waals surface area contributed by atoms with E-state index in [1.807, 2.05) is 30.3 Å². The van der Waals surface area contributed by atoms with Crippen LogP contribution in [-0.4, -0.2) is 54.4 Å². The summed E-state index contributed by atoms with van der Waals surface area (Å²) in [6.45, 7) is 2.30. The molecule has 5 rings (SSSR count). The molecule has 1 aromatic heterocycles. The zero-order chi connectivity index (χ0) is 34.9. The summed E-state index contributed by atoms with van der Waals surface area (Å²) in [7, 11) is 1.56. The molecule has 0 spiro atoms. The number of aryl methyl sites for hydroxylation is 1. The number of nitrogens with zero attached hydrogens (tertiary/aromatic N) is 2. The van der Waals surface area contributed by atoms with Crippen LogP contribution in [0.25, 0.3) is 0 Å². The number of hydrogen-bond acceptors (Lipinski definition) is 8. The van der Waals surface area contributed by atoms with E-state index in [0.29, 0.717) is 31.2 Å².